The van der Waals surface area contributed by atoms with Crippen molar-refractivity contribution >= 4 is 11.6 Å². The first kappa shape index (κ1) is 12.4. The summed E-state index contributed by atoms with van der Waals surface area (Å²) in [5.74, 6) is 0.380. The van der Waals surface area contributed by atoms with Crippen LogP contribution in [-0.4, -0.2) is 18.6 Å². The van der Waals surface area contributed by atoms with E-state index in [1.54, 1.807) is 14.0 Å². The molecule has 1 amide bonds. The van der Waals surface area contributed by atoms with Crippen molar-refractivity contribution in [3.05, 3.63) is 24.3 Å². The lowest BCUT2D eigenvalue weighted by Gasteiger charge is -2.27. The maximum atomic E-state index is 11.3. The number of primary amides is 1. The normalized spacial score (nSPS) is 13.9. The predicted molar refractivity (Wildman–Crippen MR) is 64.5 cm³/mol. The van der Waals surface area contributed by atoms with E-state index >= 15 is 0 Å². The number of benzene rings is 1. The molecule has 0 saturated heterocycles. The molecule has 1 unspecified atom stereocenters. The van der Waals surface area contributed by atoms with E-state index < -0.39 is 5.54 Å². The van der Waals surface area contributed by atoms with Gasteiger partial charge in [-0.1, -0.05) is 13.0 Å². The Kier molecular flexibility index (Phi) is 3.77. The number of hydrogen-bond acceptors (Lipinski definition) is 3. The van der Waals surface area contributed by atoms with Gasteiger partial charge in [-0.05, 0) is 25.5 Å². The monoisotopic (exact) mass is 222 g/mol. The van der Waals surface area contributed by atoms with Crippen molar-refractivity contribution in [2.24, 2.45) is 5.73 Å². The molecule has 1 aromatic rings. The third kappa shape index (κ3) is 2.66. The van der Waals surface area contributed by atoms with Crippen LogP contribution in [-0.2, 0) is 4.79 Å². The van der Waals surface area contributed by atoms with Crippen LogP contribution in [0.1, 0.15) is 20.3 Å². The lowest BCUT2D eigenvalue weighted by Crippen LogP contribution is -2.47. The highest BCUT2D eigenvalue weighted by molar-refractivity contribution is 5.87. The highest BCUT2D eigenvalue weighted by Gasteiger charge is 2.28. The topological polar surface area (TPSA) is 64.3 Å². The van der Waals surface area contributed by atoms with Crippen LogP contribution in [0.5, 0.6) is 5.75 Å². The molecule has 0 radical (unpaired) electrons. The quantitative estimate of drug-likeness (QED) is 0.798. The summed E-state index contributed by atoms with van der Waals surface area (Å²) in [6, 6.07) is 7.41. The van der Waals surface area contributed by atoms with Crippen molar-refractivity contribution in [2.45, 2.75) is 25.8 Å². The zero-order chi connectivity index (χ0) is 12.2. The van der Waals surface area contributed by atoms with E-state index in [9.17, 15) is 4.79 Å². The molecule has 0 aliphatic rings. The average Bonchev–Trinajstić information content (AvgIpc) is 2.29. The number of nitrogens with one attached hydrogen (secondary N) is 1. The number of amides is 1. The van der Waals surface area contributed by atoms with Gasteiger partial charge in [0.15, 0.2) is 0 Å². The SMILES string of the molecule is CCC(C)(Nc1cccc(OC)c1)C(N)=O. The molecule has 1 aromatic carbocycles. The smallest absolute Gasteiger partial charge is 0.242 e. The van der Waals surface area contributed by atoms with Gasteiger partial charge in [-0.2, -0.15) is 0 Å². The molecule has 0 aliphatic carbocycles. The van der Waals surface area contributed by atoms with Gasteiger partial charge >= 0.3 is 0 Å². The molecular formula is C12H18N2O2. The average molecular weight is 222 g/mol. The number of methoxy groups -OCH3 is 1. The number of anilines is 1. The fourth-order valence-corrected chi connectivity index (χ4v) is 1.34. The van der Waals surface area contributed by atoms with Crippen molar-refractivity contribution in [3.8, 4) is 5.75 Å². The fourth-order valence-electron chi connectivity index (χ4n) is 1.34. The number of hydrogen-bond donors (Lipinski definition) is 2. The first-order chi connectivity index (χ1) is 7.51. The summed E-state index contributed by atoms with van der Waals surface area (Å²) in [4.78, 5) is 11.3. The molecule has 0 bridgehead atoms. The molecule has 16 heavy (non-hydrogen) atoms. The molecule has 0 aromatic heterocycles. The van der Waals surface area contributed by atoms with E-state index in [4.69, 9.17) is 10.5 Å². The molecule has 0 aliphatic heterocycles. The van der Waals surface area contributed by atoms with Gasteiger partial charge in [0, 0.05) is 11.8 Å². The van der Waals surface area contributed by atoms with E-state index in [1.807, 2.05) is 31.2 Å². The molecule has 0 fully saturated rings. The largest absolute Gasteiger partial charge is 0.497 e. The summed E-state index contributed by atoms with van der Waals surface area (Å²) in [5, 5.41) is 3.12. The van der Waals surface area contributed by atoms with Crippen LogP contribution in [0.4, 0.5) is 5.69 Å². The van der Waals surface area contributed by atoms with Crippen molar-refractivity contribution in [1.29, 1.82) is 0 Å². The number of carbonyl (C=O) groups excluding carboxylic acids is 1. The van der Waals surface area contributed by atoms with Crippen LogP contribution in [0.15, 0.2) is 24.3 Å². The van der Waals surface area contributed by atoms with Gasteiger partial charge in [0.1, 0.15) is 11.3 Å². The van der Waals surface area contributed by atoms with Gasteiger partial charge in [-0.15, -0.1) is 0 Å². The minimum atomic E-state index is -0.730. The third-order valence-electron chi connectivity index (χ3n) is 2.74. The molecule has 3 N–H and O–H groups in total. The standard InChI is InChI=1S/C12H18N2O2/c1-4-12(2,11(13)15)14-9-6-5-7-10(8-9)16-3/h5-8,14H,4H2,1-3H3,(H2,13,15). The maximum absolute atomic E-state index is 11.3. The first-order valence-corrected chi connectivity index (χ1v) is 5.24. The Morgan fingerprint density at radius 2 is 2.25 bits per heavy atom. The van der Waals surface area contributed by atoms with E-state index in [1.165, 1.54) is 0 Å². The summed E-state index contributed by atoms with van der Waals surface area (Å²) < 4.78 is 5.11. The Morgan fingerprint density at radius 1 is 1.56 bits per heavy atom. The Labute approximate surface area is 95.8 Å². The Balaban J connectivity index is 2.90. The van der Waals surface area contributed by atoms with Gasteiger partial charge in [0.05, 0.1) is 7.11 Å². The Morgan fingerprint density at radius 3 is 2.75 bits per heavy atom. The summed E-state index contributed by atoms with van der Waals surface area (Å²) >= 11 is 0. The summed E-state index contributed by atoms with van der Waals surface area (Å²) in [6.45, 7) is 3.70. The molecule has 1 rings (SSSR count). The van der Waals surface area contributed by atoms with E-state index in [0.29, 0.717) is 6.42 Å². The molecule has 0 saturated carbocycles. The van der Waals surface area contributed by atoms with Gasteiger partial charge in [0.2, 0.25) is 5.91 Å². The van der Waals surface area contributed by atoms with Crippen molar-refractivity contribution in [1.82, 2.24) is 0 Å². The molecule has 4 heteroatoms. The van der Waals surface area contributed by atoms with Gasteiger partial charge in [-0.25, -0.2) is 0 Å². The molecular weight excluding hydrogens is 204 g/mol. The van der Waals surface area contributed by atoms with Crippen LogP contribution in [0.3, 0.4) is 0 Å². The Bertz CT molecular complexity index is 379. The highest BCUT2D eigenvalue weighted by atomic mass is 16.5. The van der Waals surface area contributed by atoms with Crippen molar-refractivity contribution in [3.63, 3.8) is 0 Å². The molecule has 0 spiro atoms. The molecule has 1 atom stereocenters. The fraction of sp³-hybridized carbons (Fsp3) is 0.417. The van der Waals surface area contributed by atoms with Gasteiger partial charge < -0.3 is 15.8 Å². The van der Waals surface area contributed by atoms with Crippen LogP contribution in [0, 0.1) is 0 Å². The van der Waals surface area contributed by atoms with Crippen molar-refractivity contribution < 1.29 is 9.53 Å². The minimum Gasteiger partial charge on any atom is -0.497 e. The zero-order valence-corrected chi connectivity index (χ0v) is 9.91. The molecule has 4 nitrogen and oxygen atoms in total. The summed E-state index contributed by atoms with van der Waals surface area (Å²) in [6.07, 6.45) is 0.625. The molecule has 0 heterocycles. The molecule has 88 valence electrons. The minimum absolute atomic E-state index is 0.363. The van der Waals surface area contributed by atoms with E-state index in [-0.39, 0.29) is 5.91 Å². The van der Waals surface area contributed by atoms with Crippen LogP contribution < -0.4 is 15.8 Å². The van der Waals surface area contributed by atoms with Crippen LogP contribution in [0.25, 0.3) is 0 Å². The lowest BCUT2D eigenvalue weighted by atomic mass is 9.97. The second-order valence-electron chi connectivity index (χ2n) is 3.91. The number of ether oxygens (including phenoxy) is 1. The second kappa shape index (κ2) is 4.88. The number of carbonyl (C=O) groups is 1. The third-order valence-corrected chi connectivity index (χ3v) is 2.74. The first-order valence-electron chi connectivity index (χ1n) is 5.24. The van der Waals surface area contributed by atoms with E-state index in [0.717, 1.165) is 11.4 Å². The van der Waals surface area contributed by atoms with Crippen molar-refractivity contribution in [2.75, 3.05) is 12.4 Å². The highest BCUT2D eigenvalue weighted by Crippen LogP contribution is 2.22. The van der Waals surface area contributed by atoms with Gasteiger partial charge in [0.25, 0.3) is 0 Å². The van der Waals surface area contributed by atoms with Crippen LogP contribution >= 0.6 is 0 Å². The van der Waals surface area contributed by atoms with Gasteiger partial charge in [-0.3, -0.25) is 4.79 Å². The van der Waals surface area contributed by atoms with Crippen LogP contribution in [0.2, 0.25) is 0 Å². The predicted octanol–water partition coefficient (Wildman–Crippen LogP) is 1.76. The number of nitrogens with two attached hydrogens (primary N) is 1. The summed E-state index contributed by atoms with van der Waals surface area (Å²) in [7, 11) is 1.60. The maximum Gasteiger partial charge on any atom is 0.242 e. The Hall–Kier alpha value is -1.71. The second-order valence-corrected chi connectivity index (χ2v) is 3.91. The zero-order valence-electron chi connectivity index (χ0n) is 9.91. The summed E-state index contributed by atoms with van der Waals surface area (Å²) in [5.41, 5.74) is 5.46. The van der Waals surface area contributed by atoms with E-state index in [2.05, 4.69) is 5.32 Å². The number of rotatable bonds is 5. The lowest BCUT2D eigenvalue weighted by molar-refractivity contribution is -0.121.